The fraction of sp³-hybridized carbons (Fsp3) is 0.650. The smallest absolute Gasteiger partial charge is 0.223 e. The van der Waals surface area contributed by atoms with Gasteiger partial charge in [0.1, 0.15) is 0 Å². The van der Waals surface area contributed by atoms with E-state index in [0.29, 0.717) is 19.0 Å². The normalized spacial score (nSPS) is 23.8. The average Bonchev–Trinajstić information content (AvgIpc) is 3.13. The molecule has 7 heteroatoms. The van der Waals surface area contributed by atoms with Crippen LogP contribution in [0.15, 0.2) is 24.3 Å². The maximum atomic E-state index is 12.7. The molecule has 3 atom stereocenters. The van der Waals surface area contributed by atoms with Gasteiger partial charge in [0.2, 0.25) is 5.91 Å². The lowest BCUT2D eigenvalue weighted by Crippen LogP contribution is -2.45. The molecule has 1 amide bonds. The minimum Gasteiger partial charge on any atom is -0.379 e. The van der Waals surface area contributed by atoms with Crippen molar-refractivity contribution in [1.82, 2.24) is 10.2 Å². The molecule has 1 aromatic carbocycles. The van der Waals surface area contributed by atoms with E-state index in [1.54, 1.807) is 0 Å². The highest BCUT2D eigenvalue weighted by Gasteiger charge is 2.32. The molecule has 1 aliphatic carbocycles. The second-order valence-corrected chi connectivity index (χ2v) is 7.35. The Hall–Kier alpha value is -0.850. The summed E-state index contributed by atoms with van der Waals surface area (Å²) in [7, 11) is 0. The van der Waals surface area contributed by atoms with Gasteiger partial charge in [-0.05, 0) is 37.8 Å². The molecule has 3 rings (SSSR count). The van der Waals surface area contributed by atoms with Gasteiger partial charge in [-0.15, -0.1) is 24.8 Å². The maximum Gasteiger partial charge on any atom is 0.223 e. The summed E-state index contributed by atoms with van der Waals surface area (Å²) < 4.78 is 5.50. The van der Waals surface area contributed by atoms with E-state index in [-0.39, 0.29) is 42.7 Å². The zero-order chi connectivity index (χ0) is 17.6. The predicted octanol–water partition coefficient (Wildman–Crippen LogP) is 2.70. The molecule has 0 bridgehead atoms. The average molecular weight is 418 g/mol. The van der Waals surface area contributed by atoms with Crippen LogP contribution in [0, 0.1) is 18.8 Å². The van der Waals surface area contributed by atoms with Gasteiger partial charge in [0.25, 0.3) is 0 Å². The standard InChI is InChI=1S/C20H31N3O2.2ClH/c1-15-5-7-16(8-6-15)19(23-9-11-25-12-10-23)14-22-20(24)18-4-2-3-17(18)13-21;;/h5-8,17-19H,2-4,9-14,21H2,1H3,(H,22,24);2*1H/t17-,18-,19?;;/m1../s1. The van der Waals surface area contributed by atoms with Crippen LogP contribution < -0.4 is 11.1 Å². The Morgan fingerprint density at radius 1 is 1.22 bits per heavy atom. The molecule has 0 aromatic heterocycles. The molecule has 1 unspecified atom stereocenters. The van der Waals surface area contributed by atoms with Crippen molar-refractivity contribution in [2.45, 2.75) is 32.2 Å². The van der Waals surface area contributed by atoms with E-state index in [2.05, 4.69) is 41.4 Å². The highest BCUT2D eigenvalue weighted by atomic mass is 35.5. The van der Waals surface area contributed by atoms with Crippen LogP contribution in [0.2, 0.25) is 0 Å². The van der Waals surface area contributed by atoms with Crippen LogP contribution in [0.1, 0.15) is 36.4 Å². The van der Waals surface area contributed by atoms with E-state index in [4.69, 9.17) is 10.5 Å². The third kappa shape index (κ3) is 6.33. The number of nitrogens with zero attached hydrogens (tertiary/aromatic N) is 1. The van der Waals surface area contributed by atoms with Crippen molar-refractivity contribution in [2.75, 3.05) is 39.4 Å². The second-order valence-electron chi connectivity index (χ2n) is 7.35. The number of carbonyl (C=O) groups is 1. The third-order valence-electron chi connectivity index (χ3n) is 5.72. The number of hydrogen-bond acceptors (Lipinski definition) is 4. The van der Waals surface area contributed by atoms with Crippen LogP contribution in [0.3, 0.4) is 0 Å². The number of amides is 1. The molecular formula is C20H33Cl2N3O2. The van der Waals surface area contributed by atoms with Gasteiger partial charge in [0.05, 0.1) is 19.3 Å². The molecule has 154 valence electrons. The molecule has 27 heavy (non-hydrogen) atoms. The Morgan fingerprint density at radius 2 is 1.89 bits per heavy atom. The predicted molar refractivity (Wildman–Crippen MR) is 114 cm³/mol. The first-order chi connectivity index (χ1) is 12.2. The van der Waals surface area contributed by atoms with Gasteiger partial charge in [-0.25, -0.2) is 0 Å². The largest absolute Gasteiger partial charge is 0.379 e. The lowest BCUT2D eigenvalue weighted by atomic mass is 9.95. The quantitative estimate of drug-likeness (QED) is 0.746. The topological polar surface area (TPSA) is 67.6 Å². The highest BCUT2D eigenvalue weighted by molar-refractivity contribution is 5.85. The number of benzene rings is 1. The van der Waals surface area contributed by atoms with E-state index in [1.165, 1.54) is 11.1 Å². The molecule has 3 N–H and O–H groups in total. The number of nitrogens with one attached hydrogen (secondary N) is 1. The van der Waals surface area contributed by atoms with Crippen molar-refractivity contribution >= 4 is 30.7 Å². The van der Waals surface area contributed by atoms with Crippen molar-refractivity contribution in [3.05, 3.63) is 35.4 Å². The van der Waals surface area contributed by atoms with Crippen LogP contribution in [-0.2, 0) is 9.53 Å². The van der Waals surface area contributed by atoms with Gasteiger partial charge >= 0.3 is 0 Å². The Kier molecular flexibility index (Phi) is 10.6. The summed E-state index contributed by atoms with van der Waals surface area (Å²) in [4.78, 5) is 15.1. The molecule has 1 aromatic rings. The minimum absolute atomic E-state index is 0. The van der Waals surface area contributed by atoms with Gasteiger partial charge in [0.15, 0.2) is 0 Å². The summed E-state index contributed by atoms with van der Waals surface area (Å²) in [5.41, 5.74) is 8.35. The number of halogens is 2. The fourth-order valence-corrected chi connectivity index (χ4v) is 4.13. The lowest BCUT2D eigenvalue weighted by Gasteiger charge is -2.35. The first-order valence-corrected chi connectivity index (χ1v) is 9.55. The van der Waals surface area contributed by atoms with Crippen molar-refractivity contribution in [2.24, 2.45) is 17.6 Å². The van der Waals surface area contributed by atoms with E-state index in [0.717, 1.165) is 45.6 Å². The summed E-state index contributed by atoms with van der Waals surface area (Å²) >= 11 is 0. The zero-order valence-electron chi connectivity index (χ0n) is 16.1. The molecule has 0 radical (unpaired) electrons. The van der Waals surface area contributed by atoms with Crippen molar-refractivity contribution in [3.63, 3.8) is 0 Å². The SMILES string of the molecule is Cc1ccc(C(CNC(=O)[C@@H]2CCC[C@@H]2CN)N2CCOCC2)cc1.Cl.Cl. The molecule has 1 saturated carbocycles. The first-order valence-electron chi connectivity index (χ1n) is 9.55. The van der Waals surface area contributed by atoms with Gasteiger partial charge in [0, 0.05) is 25.6 Å². The summed E-state index contributed by atoms with van der Waals surface area (Å²) in [6, 6.07) is 8.85. The van der Waals surface area contributed by atoms with Gasteiger partial charge in [-0.2, -0.15) is 0 Å². The van der Waals surface area contributed by atoms with Gasteiger partial charge in [-0.1, -0.05) is 36.2 Å². The van der Waals surface area contributed by atoms with E-state index in [9.17, 15) is 4.79 Å². The second kappa shape index (κ2) is 11.9. The van der Waals surface area contributed by atoms with Crippen LogP contribution in [-0.4, -0.2) is 50.2 Å². The monoisotopic (exact) mass is 417 g/mol. The number of morpholine rings is 1. The molecule has 5 nitrogen and oxygen atoms in total. The van der Waals surface area contributed by atoms with Crippen molar-refractivity contribution in [3.8, 4) is 0 Å². The number of hydrogen-bond donors (Lipinski definition) is 2. The maximum absolute atomic E-state index is 12.7. The van der Waals surface area contributed by atoms with E-state index < -0.39 is 0 Å². The number of nitrogens with two attached hydrogens (primary N) is 1. The van der Waals surface area contributed by atoms with E-state index in [1.807, 2.05) is 0 Å². The number of ether oxygens (including phenoxy) is 1. The van der Waals surface area contributed by atoms with Crippen molar-refractivity contribution < 1.29 is 9.53 Å². The van der Waals surface area contributed by atoms with Crippen molar-refractivity contribution in [1.29, 1.82) is 0 Å². The van der Waals surface area contributed by atoms with Crippen LogP contribution in [0.25, 0.3) is 0 Å². The van der Waals surface area contributed by atoms with Gasteiger partial charge in [-0.3, -0.25) is 9.69 Å². The Morgan fingerprint density at radius 3 is 2.52 bits per heavy atom. The molecular weight excluding hydrogens is 385 g/mol. The molecule has 2 fully saturated rings. The summed E-state index contributed by atoms with van der Waals surface area (Å²) in [6.07, 6.45) is 3.17. The summed E-state index contributed by atoms with van der Waals surface area (Å²) in [5, 5.41) is 3.22. The Bertz CT molecular complexity index is 565. The molecule has 2 aliphatic rings. The molecule has 1 saturated heterocycles. The van der Waals surface area contributed by atoms with Crippen LogP contribution in [0.4, 0.5) is 0 Å². The fourth-order valence-electron chi connectivity index (χ4n) is 4.13. The lowest BCUT2D eigenvalue weighted by molar-refractivity contribution is -0.126. The Labute approximate surface area is 175 Å². The molecule has 1 heterocycles. The van der Waals surface area contributed by atoms with Crippen LogP contribution in [0.5, 0.6) is 0 Å². The first kappa shape index (κ1) is 24.2. The minimum atomic E-state index is 0. The Balaban J connectivity index is 0.00000182. The third-order valence-corrected chi connectivity index (χ3v) is 5.72. The van der Waals surface area contributed by atoms with Gasteiger partial charge < -0.3 is 15.8 Å². The van der Waals surface area contributed by atoms with E-state index >= 15 is 0 Å². The number of rotatable bonds is 6. The summed E-state index contributed by atoms with van der Waals surface area (Å²) in [6.45, 7) is 6.69. The molecule has 1 aliphatic heterocycles. The zero-order valence-corrected chi connectivity index (χ0v) is 17.7. The number of aryl methyl sites for hydroxylation is 1. The highest BCUT2D eigenvalue weighted by Crippen LogP contribution is 2.31. The summed E-state index contributed by atoms with van der Waals surface area (Å²) in [5.74, 6) is 0.618. The molecule has 0 spiro atoms. The van der Waals surface area contributed by atoms with Crippen LogP contribution >= 0.6 is 24.8 Å². The number of carbonyl (C=O) groups excluding carboxylic acids is 1.